The van der Waals surface area contributed by atoms with E-state index in [2.05, 4.69) is 14.7 Å². The summed E-state index contributed by atoms with van der Waals surface area (Å²) >= 11 is 0. The second-order valence-electron chi connectivity index (χ2n) is 3.50. The monoisotopic (exact) mass is 267 g/mol. The molecule has 1 rings (SSSR count). The predicted octanol–water partition coefficient (Wildman–Crippen LogP) is -0.0734. The summed E-state index contributed by atoms with van der Waals surface area (Å²) in [5.74, 6) is -0.970. The molecule has 1 aromatic rings. The van der Waals surface area contributed by atoms with Gasteiger partial charge in [-0.05, 0) is 19.1 Å². The topological polar surface area (TPSA) is 105 Å². The average Bonchev–Trinajstić information content (AvgIpc) is 2.28. The smallest absolute Gasteiger partial charge is 0.512 e. The van der Waals surface area contributed by atoms with E-state index in [9.17, 15) is 9.59 Å². The number of carbonyl (C=O) groups excluding carboxylic acids is 2. The lowest BCUT2D eigenvalue weighted by molar-refractivity contribution is -0.145. The zero-order valence-electron chi connectivity index (χ0n) is 10.3. The van der Waals surface area contributed by atoms with Crippen LogP contribution in [0.4, 0.5) is 5.69 Å². The molecular weight excluding hydrogens is 253 g/mol. The van der Waals surface area contributed by atoms with Gasteiger partial charge in [-0.1, -0.05) is 6.07 Å². The van der Waals surface area contributed by atoms with Crippen molar-refractivity contribution in [2.24, 2.45) is 0 Å². The fourth-order valence-electron chi connectivity index (χ4n) is 1.32. The summed E-state index contributed by atoms with van der Waals surface area (Å²) in [5.41, 5.74) is 0.368. The molecule has 1 aromatic carbocycles. The van der Waals surface area contributed by atoms with Crippen LogP contribution in [0.25, 0.3) is 0 Å². The molecule has 0 unspecified atom stereocenters. The first-order valence-corrected chi connectivity index (χ1v) is 5.59. The Morgan fingerprint density at radius 3 is 2.74 bits per heavy atom. The highest BCUT2D eigenvalue weighted by molar-refractivity contribution is 6.33. The molecule has 0 aliphatic rings. The molecule has 19 heavy (non-hydrogen) atoms. The van der Waals surface area contributed by atoms with Gasteiger partial charge in [0.05, 0.1) is 6.61 Å². The van der Waals surface area contributed by atoms with Gasteiger partial charge in [0.25, 0.3) is 0 Å². The maximum atomic E-state index is 11.5. The molecule has 0 bridgehead atoms. The Hall–Kier alpha value is -2.06. The van der Waals surface area contributed by atoms with Gasteiger partial charge in [-0.3, -0.25) is 9.59 Å². The van der Waals surface area contributed by atoms with Crippen LogP contribution in [0, 0.1) is 0 Å². The third kappa shape index (κ3) is 5.89. The molecule has 0 radical (unpaired) electrons. The molecule has 8 heteroatoms. The first-order chi connectivity index (χ1) is 9.01. The number of carbonyl (C=O) groups is 2. The van der Waals surface area contributed by atoms with Gasteiger partial charge >= 0.3 is 13.3 Å². The third-order valence-electron chi connectivity index (χ3n) is 1.97. The van der Waals surface area contributed by atoms with Crippen LogP contribution >= 0.6 is 0 Å². The van der Waals surface area contributed by atoms with Crippen LogP contribution in [0.1, 0.15) is 13.3 Å². The maximum Gasteiger partial charge on any atom is 0.707 e. The summed E-state index contributed by atoms with van der Waals surface area (Å²) in [4.78, 5) is 22.6. The number of benzene rings is 1. The van der Waals surface area contributed by atoms with E-state index in [4.69, 9.17) is 10.0 Å². The number of anilines is 1. The average molecular weight is 267 g/mol. The van der Waals surface area contributed by atoms with E-state index < -0.39 is 19.2 Å². The van der Waals surface area contributed by atoms with Gasteiger partial charge in [0.1, 0.15) is 12.2 Å². The van der Waals surface area contributed by atoms with Crippen molar-refractivity contribution in [2.75, 3.05) is 11.9 Å². The van der Waals surface area contributed by atoms with E-state index in [-0.39, 0.29) is 18.8 Å². The minimum Gasteiger partial charge on any atom is -0.512 e. The second-order valence-corrected chi connectivity index (χ2v) is 3.50. The van der Waals surface area contributed by atoms with Crippen LogP contribution in [-0.4, -0.2) is 35.9 Å². The Labute approximate surface area is 110 Å². The van der Waals surface area contributed by atoms with Crippen molar-refractivity contribution in [3.8, 4) is 5.75 Å². The van der Waals surface area contributed by atoms with Crippen molar-refractivity contribution in [3.05, 3.63) is 24.3 Å². The zero-order valence-corrected chi connectivity index (χ0v) is 10.3. The molecule has 1 amide bonds. The fraction of sp³-hybridized carbons (Fsp3) is 0.273. The highest BCUT2D eigenvalue weighted by atomic mass is 16.6. The number of rotatable bonds is 6. The molecule has 0 saturated heterocycles. The van der Waals surface area contributed by atoms with Crippen molar-refractivity contribution in [3.63, 3.8) is 0 Å². The molecular formula is C11H14BNO6. The van der Waals surface area contributed by atoms with Crippen molar-refractivity contribution >= 4 is 24.9 Å². The number of nitrogens with one attached hydrogen (secondary N) is 1. The Morgan fingerprint density at radius 2 is 2.11 bits per heavy atom. The fourth-order valence-corrected chi connectivity index (χ4v) is 1.32. The molecule has 0 saturated carbocycles. The van der Waals surface area contributed by atoms with E-state index in [1.165, 1.54) is 12.1 Å². The number of hydrogen-bond donors (Lipinski definition) is 3. The van der Waals surface area contributed by atoms with Crippen LogP contribution < -0.4 is 9.97 Å². The summed E-state index contributed by atoms with van der Waals surface area (Å²) in [6.07, 6.45) is -0.387. The van der Waals surface area contributed by atoms with Gasteiger partial charge in [-0.25, -0.2) is 0 Å². The first kappa shape index (κ1) is 15.0. The summed E-state index contributed by atoms with van der Waals surface area (Å²) in [5, 5.41) is 19.7. The minimum absolute atomic E-state index is 0.170. The van der Waals surface area contributed by atoms with E-state index >= 15 is 0 Å². The Balaban J connectivity index is 2.56. The molecule has 0 fully saturated rings. The molecule has 3 N–H and O–H groups in total. The Kier molecular flexibility index (Phi) is 5.84. The van der Waals surface area contributed by atoms with E-state index in [0.29, 0.717) is 5.69 Å². The molecule has 7 nitrogen and oxygen atoms in total. The van der Waals surface area contributed by atoms with Gasteiger partial charge in [0, 0.05) is 11.8 Å². The Bertz CT molecular complexity index is 451. The first-order valence-electron chi connectivity index (χ1n) is 5.59. The molecule has 102 valence electrons. The largest absolute Gasteiger partial charge is 0.707 e. The molecule has 0 atom stereocenters. The standard InChI is InChI=1S/C11H14BNO6/c1-2-18-11(15)7-10(14)13-8-4-3-5-9(6-8)19-12(16)17/h3-6,16-17H,2,7H2,1H3,(H,13,14). The predicted molar refractivity (Wildman–Crippen MR) is 67.1 cm³/mol. The Morgan fingerprint density at radius 1 is 1.37 bits per heavy atom. The van der Waals surface area contributed by atoms with Crippen LogP contribution in [0.3, 0.4) is 0 Å². The lowest BCUT2D eigenvalue weighted by Crippen LogP contribution is -2.21. The van der Waals surface area contributed by atoms with Crippen LogP contribution in [0.15, 0.2) is 24.3 Å². The molecule has 0 spiro atoms. The lowest BCUT2D eigenvalue weighted by Gasteiger charge is -2.08. The molecule has 0 aliphatic carbocycles. The van der Waals surface area contributed by atoms with Gasteiger partial charge in [0.15, 0.2) is 0 Å². The highest BCUT2D eigenvalue weighted by Gasteiger charge is 2.13. The normalized spacial score (nSPS) is 9.63. The highest BCUT2D eigenvalue weighted by Crippen LogP contribution is 2.17. The third-order valence-corrected chi connectivity index (χ3v) is 1.97. The zero-order chi connectivity index (χ0) is 14.3. The quantitative estimate of drug-likeness (QED) is 0.378. The number of esters is 1. The van der Waals surface area contributed by atoms with Gasteiger partial charge in [-0.2, -0.15) is 0 Å². The van der Waals surface area contributed by atoms with Crippen molar-refractivity contribution in [1.82, 2.24) is 0 Å². The van der Waals surface area contributed by atoms with E-state index in [0.717, 1.165) is 0 Å². The summed E-state index contributed by atoms with van der Waals surface area (Å²) in [6.45, 7) is 1.86. The maximum absolute atomic E-state index is 11.5. The molecule has 0 aromatic heterocycles. The molecule has 0 heterocycles. The number of amides is 1. The van der Waals surface area contributed by atoms with E-state index in [1.54, 1.807) is 19.1 Å². The lowest BCUT2D eigenvalue weighted by atomic mass is 10.2. The van der Waals surface area contributed by atoms with Crippen molar-refractivity contribution < 1.29 is 29.0 Å². The van der Waals surface area contributed by atoms with E-state index in [1.807, 2.05) is 0 Å². The number of ether oxygens (including phenoxy) is 1. The SMILES string of the molecule is CCOC(=O)CC(=O)Nc1cccc(OB(O)O)c1. The minimum atomic E-state index is -1.94. The van der Waals surface area contributed by atoms with Gasteiger partial charge < -0.3 is 24.8 Å². The summed E-state index contributed by atoms with van der Waals surface area (Å²) < 4.78 is 9.26. The summed E-state index contributed by atoms with van der Waals surface area (Å²) in [7, 11) is -1.94. The van der Waals surface area contributed by atoms with Crippen LogP contribution in [0.5, 0.6) is 5.75 Å². The number of hydrogen-bond acceptors (Lipinski definition) is 6. The van der Waals surface area contributed by atoms with Crippen LogP contribution in [0.2, 0.25) is 0 Å². The van der Waals surface area contributed by atoms with Crippen LogP contribution in [-0.2, 0) is 14.3 Å². The second kappa shape index (κ2) is 7.40. The van der Waals surface area contributed by atoms with Crippen molar-refractivity contribution in [2.45, 2.75) is 13.3 Å². The van der Waals surface area contributed by atoms with Crippen molar-refractivity contribution in [1.29, 1.82) is 0 Å². The van der Waals surface area contributed by atoms with Gasteiger partial charge in [-0.15, -0.1) is 0 Å². The molecule has 0 aliphatic heterocycles. The van der Waals surface area contributed by atoms with Gasteiger partial charge in [0.2, 0.25) is 5.91 Å². The summed E-state index contributed by atoms with van der Waals surface area (Å²) in [6, 6.07) is 6.00.